The number of Topliss-reactive ketones (excluding diaryl/α,β-unsaturated/α-hetero) is 2. The summed E-state index contributed by atoms with van der Waals surface area (Å²) in [4.78, 5) is 48.3. The fourth-order valence-corrected chi connectivity index (χ4v) is 6.54. The van der Waals surface area contributed by atoms with Crippen LogP contribution < -0.4 is 0 Å². The lowest BCUT2D eigenvalue weighted by Gasteiger charge is -2.56. The van der Waals surface area contributed by atoms with Crippen molar-refractivity contribution in [2.24, 2.45) is 28.6 Å². The highest BCUT2D eigenvalue weighted by atomic mass is 16.3. The topological polar surface area (TPSA) is 88.5 Å². The van der Waals surface area contributed by atoms with E-state index in [0.717, 1.165) is 18.4 Å². The molecule has 0 aromatic carbocycles. The SMILES string of the molecule is C[C@]12C=CC(=O)C=C1CC[C@@H]1[C@@H]2C(=O)C[C@@]2(C)[C@H]1CC[C@]2(O)C(=O)C=O. The molecule has 0 bridgehead atoms. The first-order valence-electron chi connectivity index (χ1n) is 9.36. The van der Waals surface area contributed by atoms with Gasteiger partial charge in [-0.2, -0.15) is 0 Å². The summed E-state index contributed by atoms with van der Waals surface area (Å²) in [7, 11) is 0. The number of aliphatic hydroxyl groups is 1. The maximum absolute atomic E-state index is 13.3. The van der Waals surface area contributed by atoms with Gasteiger partial charge in [0.1, 0.15) is 11.4 Å². The van der Waals surface area contributed by atoms with Crippen LogP contribution in [0.3, 0.4) is 0 Å². The van der Waals surface area contributed by atoms with E-state index in [0.29, 0.717) is 6.42 Å². The van der Waals surface area contributed by atoms with Crippen molar-refractivity contribution in [2.75, 3.05) is 0 Å². The molecule has 1 N–H and O–H groups in total. The molecule has 0 heterocycles. The molecule has 0 spiro atoms. The third-order valence-electron chi connectivity index (χ3n) is 7.92. The van der Waals surface area contributed by atoms with Crippen molar-refractivity contribution in [2.45, 2.75) is 51.6 Å². The van der Waals surface area contributed by atoms with Crippen molar-refractivity contribution < 1.29 is 24.3 Å². The normalized spacial score (nSPS) is 46.9. The average Bonchev–Trinajstić information content (AvgIpc) is 2.86. The number of allylic oxidation sites excluding steroid dienone is 4. The molecule has 4 aliphatic carbocycles. The summed E-state index contributed by atoms with van der Waals surface area (Å²) in [6.07, 6.45) is 7.77. The van der Waals surface area contributed by atoms with Gasteiger partial charge in [0.25, 0.3) is 0 Å². The van der Waals surface area contributed by atoms with Gasteiger partial charge in [-0.05, 0) is 49.7 Å². The van der Waals surface area contributed by atoms with Gasteiger partial charge in [-0.15, -0.1) is 0 Å². The molecule has 0 radical (unpaired) electrons. The van der Waals surface area contributed by atoms with Gasteiger partial charge in [0.2, 0.25) is 5.78 Å². The Balaban J connectivity index is 1.77. The van der Waals surface area contributed by atoms with E-state index in [4.69, 9.17) is 0 Å². The zero-order valence-corrected chi connectivity index (χ0v) is 15.2. The molecule has 4 aliphatic rings. The van der Waals surface area contributed by atoms with Gasteiger partial charge in [-0.25, -0.2) is 0 Å². The van der Waals surface area contributed by atoms with E-state index in [2.05, 4.69) is 0 Å². The Morgan fingerprint density at radius 1 is 1.27 bits per heavy atom. The van der Waals surface area contributed by atoms with Gasteiger partial charge in [0.05, 0.1) is 0 Å². The van der Waals surface area contributed by atoms with Crippen molar-refractivity contribution >= 4 is 23.6 Å². The highest BCUT2D eigenvalue weighted by Crippen LogP contribution is 2.65. The van der Waals surface area contributed by atoms with Crippen LogP contribution in [0.15, 0.2) is 23.8 Å². The summed E-state index contributed by atoms with van der Waals surface area (Å²) in [5, 5.41) is 11.1. The van der Waals surface area contributed by atoms with Crippen LogP contribution in [0.2, 0.25) is 0 Å². The van der Waals surface area contributed by atoms with Crippen molar-refractivity contribution in [3.8, 4) is 0 Å². The van der Waals surface area contributed by atoms with Crippen molar-refractivity contribution in [1.29, 1.82) is 0 Å². The van der Waals surface area contributed by atoms with E-state index in [-0.39, 0.29) is 48.4 Å². The third-order valence-corrected chi connectivity index (χ3v) is 7.92. The van der Waals surface area contributed by atoms with Gasteiger partial charge in [-0.1, -0.05) is 25.5 Å². The van der Waals surface area contributed by atoms with Gasteiger partial charge in [-0.3, -0.25) is 19.2 Å². The number of rotatable bonds is 2. The smallest absolute Gasteiger partial charge is 0.227 e. The highest BCUT2D eigenvalue weighted by Gasteiger charge is 2.68. The first-order chi connectivity index (χ1) is 12.2. The number of carbonyl (C=O) groups is 4. The predicted octanol–water partition coefficient (Wildman–Crippen LogP) is 1.97. The molecule has 4 rings (SSSR count). The maximum atomic E-state index is 13.3. The van der Waals surface area contributed by atoms with Crippen LogP contribution in [-0.4, -0.2) is 34.3 Å². The highest BCUT2D eigenvalue weighted by molar-refractivity contribution is 6.29. The van der Waals surface area contributed by atoms with Gasteiger partial charge in [0.15, 0.2) is 12.1 Å². The number of fused-ring (bicyclic) bond motifs is 5. The number of hydrogen-bond donors (Lipinski definition) is 1. The predicted molar refractivity (Wildman–Crippen MR) is 93.0 cm³/mol. The Labute approximate surface area is 152 Å². The van der Waals surface area contributed by atoms with Crippen LogP contribution >= 0.6 is 0 Å². The van der Waals surface area contributed by atoms with Crippen molar-refractivity contribution in [3.63, 3.8) is 0 Å². The fourth-order valence-electron chi connectivity index (χ4n) is 6.54. The minimum absolute atomic E-state index is 0.0171. The largest absolute Gasteiger partial charge is 0.381 e. The minimum Gasteiger partial charge on any atom is -0.381 e. The Kier molecular flexibility index (Phi) is 3.59. The lowest BCUT2D eigenvalue weighted by molar-refractivity contribution is -0.167. The van der Waals surface area contributed by atoms with Crippen LogP contribution in [0.1, 0.15) is 46.0 Å². The first kappa shape index (κ1) is 17.5. The average molecular weight is 356 g/mol. The second kappa shape index (κ2) is 5.32. The molecule has 0 unspecified atom stereocenters. The van der Waals surface area contributed by atoms with Crippen LogP contribution in [0.5, 0.6) is 0 Å². The molecule has 6 atom stereocenters. The number of carbonyl (C=O) groups excluding carboxylic acids is 4. The summed E-state index contributed by atoms with van der Waals surface area (Å²) in [6, 6.07) is 0. The van der Waals surface area contributed by atoms with Crippen LogP contribution in [0.4, 0.5) is 0 Å². The molecule has 0 amide bonds. The van der Waals surface area contributed by atoms with Crippen LogP contribution in [0, 0.1) is 28.6 Å². The summed E-state index contributed by atoms with van der Waals surface area (Å²) in [5.41, 5.74) is -2.09. The lowest BCUT2D eigenvalue weighted by Crippen LogP contribution is -2.60. The molecule has 138 valence electrons. The molecule has 0 aliphatic heterocycles. The second-order valence-electron chi connectivity index (χ2n) is 8.92. The van der Waals surface area contributed by atoms with Crippen LogP contribution in [0.25, 0.3) is 0 Å². The molecule has 5 heteroatoms. The van der Waals surface area contributed by atoms with Gasteiger partial charge >= 0.3 is 0 Å². The third kappa shape index (κ3) is 1.95. The van der Waals surface area contributed by atoms with Gasteiger partial charge in [0, 0.05) is 23.2 Å². The van der Waals surface area contributed by atoms with E-state index in [9.17, 15) is 24.3 Å². The van der Waals surface area contributed by atoms with Gasteiger partial charge < -0.3 is 5.11 Å². The van der Waals surface area contributed by atoms with Crippen molar-refractivity contribution in [1.82, 2.24) is 0 Å². The molecular weight excluding hydrogens is 332 g/mol. The standard InChI is InChI=1S/C21H24O5/c1-19-7-5-13(23)9-12(19)3-4-14-15-6-8-21(26,17(25)11-22)20(15,2)10-16(24)18(14)19/h5,7,9,11,14-15,18,26H,3-4,6,8,10H2,1-2H3/t14-,15-,18+,19-,20-,21-/m0/s1. The van der Waals surface area contributed by atoms with E-state index in [1.165, 1.54) is 0 Å². The molecule has 3 saturated carbocycles. The molecule has 0 aromatic heterocycles. The van der Waals surface area contributed by atoms with E-state index >= 15 is 0 Å². The lowest BCUT2D eigenvalue weighted by atomic mass is 9.46. The zero-order valence-electron chi connectivity index (χ0n) is 15.2. The van der Waals surface area contributed by atoms with E-state index < -0.39 is 22.2 Å². The molecule has 5 nitrogen and oxygen atoms in total. The molecule has 26 heavy (non-hydrogen) atoms. The van der Waals surface area contributed by atoms with E-state index in [1.54, 1.807) is 19.1 Å². The Morgan fingerprint density at radius 2 is 2.00 bits per heavy atom. The first-order valence-corrected chi connectivity index (χ1v) is 9.36. The zero-order chi connectivity index (χ0) is 18.9. The number of ketones is 3. The maximum Gasteiger partial charge on any atom is 0.227 e. The van der Waals surface area contributed by atoms with E-state index in [1.807, 2.05) is 13.0 Å². The summed E-state index contributed by atoms with van der Waals surface area (Å²) < 4.78 is 0. The molecule has 0 saturated heterocycles. The number of hydrogen-bond acceptors (Lipinski definition) is 5. The molecule has 3 fully saturated rings. The van der Waals surface area contributed by atoms with Crippen LogP contribution in [-0.2, 0) is 19.2 Å². The fraction of sp³-hybridized carbons (Fsp3) is 0.619. The summed E-state index contributed by atoms with van der Waals surface area (Å²) in [5.74, 6) is -0.980. The monoisotopic (exact) mass is 356 g/mol. The number of aldehydes is 1. The molecular formula is C21H24O5. The minimum atomic E-state index is -1.74. The quantitative estimate of drug-likeness (QED) is 0.604. The molecule has 0 aromatic rings. The second-order valence-corrected chi connectivity index (χ2v) is 8.92. The Bertz CT molecular complexity index is 792. The van der Waals surface area contributed by atoms with Crippen molar-refractivity contribution in [3.05, 3.63) is 23.8 Å². The Hall–Kier alpha value is -1.88. The Morgan fingerprint density at radius 3 is 2.69 bits per heavy atom. The summed E-state index contributed by atoms with van der Waals surface area (Å²) in [6.45, 7) is 3.82. The summed E-state index contributed by atoms with van der Waals surface area (Å²) >= 11 is 0.